The smallest absolute Gasteiger partial charge is 0.252 e. The van der Waals surface area contributed by atoms with Crippen molar-refractivity contribution in [1.82, 2.24) is 9.97 Å². The zero-order valence-corrected chi connectivity index (χ0v) is 11.2. The van der Waals surface area contributed by atoms with Crippen LogP contribution in [-0.4, -0.2) is 34.8 Å². The molecule has 1 aromatic rings. The molecule has 1 saturated carbocycles. The summed E-state index contributed by atoms with van der Waals surface area (Å²) in [7, 11) is 0. The van der Waals surface area contributed by atoms with Crippen LogP contribution in [0.25, 0.3) is 0 Å². The third kappa shape index (κ3) is 2.15. The van der Waals surface area contributed by atoms with Gasteiger partial charge in [0.2, 0.25) is 0 Å². The molecule has 0 bridgehead atoms. The summed E-state index contributed by atoms with van der Waals surface area (Å²) in [6, 6.07) is 1.61. The highest BCUT2D eigenvalue weighted by Crippen LogP contribution is 2.39. The van der Waals surface area contributed by atoms with Crippen LogP contribution in [0.15, 0.2) is 10.9 Å². The van der Waals surface area contributed by atoms with E-state index in [1.165, 1.54) is 6.07 Å². The summed E-state index contributed by atoms with van der Waals surface area (Å²) in [5.41, 5.74) is 5.99. The van der Waals surface area contributed by atoms with Gasteiger partial charge < -0.3 is 20.8 Å². The topological polar surface area (TPSA) is 93.0 Å². The van der Waals surface area contributed by atoms with Crippen molar-refractivity contribution in [2.75, 3.05) is 11.9 Å². The second-order valence-electron chi connectivity index (χ2n) is 5.71. The Labute approximate surface area is 111 Å². The summed E-state index contributed by atoms with van der Waals surface area (Å²) in [6.07, 6.45) is 1.20. The molecule has 0 radical (unpaired) electrons. The largest absolute Gasteiger partial charge is 0.376 e. The number of aromatic amines is 1. The van der Waals surface area contributed by atoms with E-state index in [0.29, 0.717) is 17.6 Å². The van der Waals surface area contributed by atoms with Crippen molar-refractivity contribution in [2.24, 2.45) is 11.7 Å². The maximum Gasteiger partial charge on any atom is 0.252 e. The zero-order valence-electron chi connectivity index (χ0n) is 11.2. The first kappa shape index (κ1) is 12.6. The highest BCUT2D eigenvalue weighted by atomic mass is 16.5. The predicted octanol–water partition coefficient (Wildman–Crippen LogP) is 0.420. The van der Waals surface area contributed by atoms with E-state index < -0.39 is 0 Å². The minimum Gasteiger partial charge on any atom is -0.376 e. The average molecular weight is 264 g/mol. The Bertz CT molecular complexity index is 528. The molecule has 4 unspecified atom stereocenters. The molecule has 1 aromatic heterocycles. The van der Waals surface area contributed by atoms with E-state index >= 15 is 0 Å². The fraction of sp³-hybridized carbons (Fsp3) is 0.692. The van der Waals surface area contributed by atoms with Gasteiger partial charge in [0.15, 0.2) is 0 Å². The number of anilines is 1. The molecule has 2 heterocycles. The number of nitrogens with one attached hydrogen (secondary N) is 2. The number of hydrogen-bond acceptors (Lipinski definition) is 5. The van der Waals surface area contributed by atoms with Gasteiger partial charge in [-0.2, -0.15) is 0 Å². The van der Waals surface area contributed by atoms with Crippen molar-refractivity contribution in [3.63, 3.8) is 0 Å². The van der Waals surface area contributed by atoms with Gasteiger partial charge in [0.1, 0.15) is 11.6 Å². The molecule has 1 aliphatic heterocycles. The standard InChI is InChI=1S/C13H20N4O2/c1-6(2)13-16-8(5-9(18)17-13)15-11-10(14)7-3-4-19-12(7)11/h5-7,10-12H,3-4,14H2,1-2H3,(H2,15,16,17,18). The van der Waals surface area contributed by atoms with E-state index in [9.17, 15) is 4.79 Å². The molecule has 4 N–H and O–H groups in total. The first-order valence-corrected chi connectivity index (χ1v) is 6.81. The second kappa shape index (κ2) is 4.61. The molecule has 0 aromatic carbocycles. The Morgan fingerprint density at radius 1 is 1.58 bits per heavy atom. The molecule has 6 nitrogen and oxygen atoms in total. The van der Waals surface area contributed by atoms with Gasteiger partial charge in [-0.1, -0.05) is 13.8 Å². The summed E-state index contributed by atoms with van der Waals surface area (Å²) in [6.45, 7) is 4.77. The SMILES string of the molecule is CC(C)c1nc(NC2C(N)C3CCOC32)cc(=O)[nH]1. The molecule has 104 valence electrons. The van der Waals surface area contributed by atoms with Crippen LogP contribution in [-0.2, 0) is 4.74 Å². The number of hydrogen-bond donors (Lipinski definition) is 3. The average Bonchev–Trinajstić information content (AvgIpc) is 2.80. The zero-order chi connectivity index (χ0) is 13.6. The van der Waals surface area contributed by atoms with Crippen LogP contribution in [0.5, 0.6) is 0 Å². The lowest BCUT2D eigenvalue weighted by atomic mass is 9.72. The number of nitrogens with zero attached hydrogens (tertiary/aromatic N) is 1. The molecular formula is C13H20N4O2. The van der Waals surface area contributed by atoms with Gasteiger partial charge in [-0.3, -0.25) is 4.79 Å². The number of rotatable bonds is 3. The van der Waals surface area contributed by atoms with Gasteiger partial charge in [0.05, 0.1) is 12.1 Å². The maximum atomic E-state index is 11.6. The molecule has 2 fully saturated rings. The van der Waals surface area contributed by atoms with Crippen LogP contribution in [0.2, 0.25) is 0 Å². The third-order valence-corrected chi connectivity index (χ3v) is 4.07. The number of ether oxygens (including phenoxy) is 1. The Kier molecular flexibility index (Phi) is 3.06. The van der Waals surface area contributed by atoms with Crippen LogP contribution in [0.3, 0.4) is 0 Å². The molecule has 1 aliphatic carbocycles. The van der Waals surface area contributed by atoms with E-state index in [1.54, 1.807) is 0 Å². The molecule has 6 heteroatoms. The number of nitrogens with two attached hydrogens (primary N) is 1. The number of aromatic nitrogens is 2. The second-order valence-corrected chi connectivity index (χ2v) is 5.71. The molecule has 19 heavy (non-hydrogen) atoms. The van der Waals surface area contributed by atoms with E-state index in [0.717, 1.165) is 13.0 Å². The summed E-state index contributed by atoms with van der Waals surface area (Å²) in [5, 5.41) is 3.25. The minimum atomic E-state index is -0.141. The Morgan fingerprint density at radius 2 is 2.37 bits per heavy atom. The van der Waals surface area contributed by atoms with Crippen molar-refractivity contribution in [3.05, 3.63) is 22.2 Å². The van der Waals surface area contributed by atoms with Crippen molar-refractivity contribution in [1.29, 1.82) is 0 Å². The van der Waals surface area contributed by atoms with Gasteiger partial charge in [-0.25, -0.2) is 4.98 Å². The minimum absolute atomic E-state index is 0.0572. The molecular weight excluding hydrogens is 244 g/mol. The van der Waals surface area contributed by atoms with Gasteiger partial charge >= 0.3 is 0 Å². The van der Waals surface area contributed by atoms with Crippen LogP contribution in [0.1, 0.15) is 32.0 Å². The Balaban J connectivity index is 1.78. The monoisotopic (exact) mass is 264 g/mol. The maximum absolute atomic E-state index is 11.6. The molecule has 0 spiro atoms. The van der Waals surface area contributed by atoms with Crippen molar-refractivity contribution >= 4 is 5.82 Å². The summed E-state index contributed by atoms with van der Waals surface area (Å²) < 4.78 is 5.66. The molecule has 4 atom stereocenters. The molecule has 3 rings (SSSR count). The van der Waals surface area contributed by atoms with E-state index in [-0.39, 0.29) is 29.7 Å². The summed E-state index contributed by atoms with van der Waals surface area (Å²) in [4.78, 5) is 18.8. The predicted molar refractivity (Wildman–Crippen MR) is 72.2 cm³/mol. The van der Waals surface area contributed by atoms with E-state index in [2.05, 4.69) is 15.3 Å². The fourth-order valence-electron chi connectivity index (χ4n) is 2.92. The first-order valence-electron chi connectivity index (χ1n) is 6.81. The number of fused-ring (bicyclic) bond motifs is 1. The van der Waals surface area contributed by atoms with Gasteiger partial charge in [0.25, 0.3) is 5.56 Å². The van der Waals surface area contributed by atoms with Crippen molar-refractivity contribution in [2.45, 2.75) is 44.4 Å². The van der Waals surface area contributed by atoms with Crippen molar-refractivity contribution < 1.29 is 4.74 Å². The lowest BCUT2D eigenvalue weighted by Gasteiger charge is -2.45. The third-order valence-electron chi connectivity index (χ3n) is 4.07. The van der Waals surface area contributed by atoms with Gasteiger partial charge in [-0.15, -0.1) is 0 Å². The van der Waals surface area contributed by atoms with Crippen molar-refractivity contribution in [3.8, 4) is 0 Å². The van der Waals surface area contributed by atoms with Crippen LogP contribution >= 0.6 is 0 Å². The molecule has 1 saturated heterocycles. The lowest BCUT2D eigenvalue weighted by molar-refractivity contribution is 0.00522. The van der Waals surface area contributed by atoms with Crippen LogP contribution < -0.4 is 16.6 Å². The van der Waals surface area contributed by atoms with Crippen LogP contribution in [0.4, 0.5) is 5.82 Å². The number of H-pyrrole nitrogens is 1. The fourth-order valence-corrected chi connectivity index (χ4v) is 2.92. The Hall–Kier alpha value is -1.40. The highest BCUT2D eigenvalue weighted by Gasteiger charge is 2.52. The van der Waals surface area contributed by atoms with Gasteiger partial charge in [0, 0.05) is 30.6 Å². The Morgan fingerprint density at radius 3 is 3.11 bits per heavy atom. The van der Waals surface area contributed by atoms with Crippen LogP contribution in [0, 0.1) is 5.92 Å². The normalized spacial score (nSPS) is 33.1. The first-order chi connectivity index (χ1) is 9.06. The lowest BCUT2D eigenvalue weighted by Crippen LogP contribution is -2.65. The van der Waals surface area contributed by atoms with E-state index in [4.69, 9.17) is 10.5 Å². The van der Waals surface area contributed by atoms with Gasteiger partial charge in [-0.05, 0) is 6.42 Å². The summed E-state index contributed by atoms with van der Waals surface area (Å²) >= 11 is 0. The summed E-state index contributed by atoms with van der Waals surface area (Å²) in [5.74, 6) is 1.90. The molecule has 0 amide bonds. The highest BCUT2D eigenvalue weighted by molar-refractivity contribution is 5.38. The van der Waals surface area contributed by atoms with E-state index in [1.807, 2.05) is 13.8 Å². The quantitative estimate of drug-likeness (QED) is 0.735. The molecule has 2 aliphatic rings.